The first-order chi connectivity index (χ1) is 10.6. The molecule has 1 aromatic carbocycles. The minimum absolute atomic E-state index is 0.219. The fourth-order valence-electron chi connectivity index (χ4n) is 2.26. The smallest absolute Gasteiger partial charge is 0.293 e. The normalized spacial score (nSPS) is 16.8. The predicted octanol–water partition coefficient (Wildman–Crippen LogP) is 4.19. The van der Waals surface area contributed by atoms with Gasteiger partial charge in [0.1, 0.15) is 0 Å². The van der Waals surface area contributed by atoms with Gasteiger partial charge in [0, 0.05) is 29.1 Å². The lowest BCUT2D eigenvalue weighted by Crippen LogP contribution is -2.27. The van der Waals surface area contributed by atoms with Crippen molar-refractivity contribution in [1.29, 1.82) is 0 Å². The Bertz CT molecular complexity index is 765. The summed E-state index contributed by atoms with van der Waals surface area (Å²) in [5.41, 5.74) is 1.78. The molecule has 1 saturated heterocycles. The minimum atomic E-state index is -0.235. The molecule has 3 rings (SSSR count). The highest BCUT2D eigenvalue weighted by Crippen LogP contribution is 2.32. The van der Waals surface area contributed by atoms with Crippen LogP contribution in [0.1, 0.15) is 12.6 Å². The zero-order valence-electron chi connectivity index (χ0n) is 11.8. The van der Waals surface area contributed by atoms with Crippen molar-refractivity contribution in [3.05, 3.63) is 58.2 Å². The van der Waals surface area contributed by atoms with Gasteiger partial charge in [-0.3, -0.25) is 14.5 Å². The molecule has 0 unspecified atom stereocenters. The van der Waals surface area contributed by atoms with Gasteiger partial charge in [-0.2, -0.15) is 0 Å². The number of carbonyl (C=O) groups excluding carboxylic acids is 2. The number of halogens is 1. The Hall–Kier alpha value is -1.98. The van der Waals surface area contributed by atoms with Crippen molar-refractivity contribution >= 4 is 40.6 Å². The molecule has 1 aliphatic heterocycles. The van der Waals surface area contributed by atoms with E-state index in [1.807, 2.05) is 47.2 Å². The second-order valence-corrected chi connectivity index (χ2v) is 6.14. The molecule has 0 radical (unpaired) electrons. The molecule has 0 bridgehead atoms. The third kappa shape index (κ3) is 2.69. The molecule has 1 aromatic heterocycles. The minimum Gasteiger partial charge on any atom is -0.317 e. The van der Waals surface area contributed by atoms with Gasteiger partial charge in [-0.25, -0.2) is 0 Å². The number of imide groups is 1. The van der Waals surface area contributed by atoms with Crippen molar-refractivity contribution in [2.45, 2.75) is 6.92 Å². The van der Waals surface area contributed by atoms with E-state index in [1.54, 1.807) is 13.0 Å². The monoisotopic (exact) mass is 332 g/mol. The number of likely N-dealkylation sites (N-methyl/N-ethyl adjacent to an activating group) is 1. The average Bonchev–Trinajstić information content (AvgIpc) is 3.06. The van der Waals surface area contributed by atoms with Crippen molar-refractivity contribution in [1.82, 2.24) is 9.47 Å². The van der Waals surface area contributed by atoms with Gasteiger partial charge in [-0.1, -0.05) is 11.6 Å². The fourth-order valence-corrected chi connectivity index (χ4v) is 3.27. The zero-order chi connectivity index (χ0) is 15.7. The van der Waals surface area contributed by atoms with Gasteiger partial charge in [0.25, 0.3) is 11.1 Å². The number of carbonyl (C=O) groups is 2. The molecule has 0 atom stereocenters. The number of aromatic nitrogens is 1. The lowest BCUT2D eigenvalue weighted by atomic mass is 10.3. The van der Waals surface area contributed by atoms with E-state index in [0.29, 0.717) is 16.5 Å². The van der Waals surface area contributed by atoms with Crippen molar-refractivity contribution < 1.29 is 9.59 Å². The molecule has 2 heterocycles. The number of amides is 2. The molecule has 4 nitrogen and oxygen atoms in total. The van der Waals surface area contributed by atoms with Crippen molar-refractivity contribution in [3.8, 4) is 5.69 Å². The molecule has 1 fully saturated rings. The quantitative estimate of drug-likeness (QED) is 0.791. The molecule has 1 aliphatic rings. The van der Waals surface area contributed by atoms with E-state index < -0.39 is 0 Å². The maximum Gasteiger partial charge on any atom is 0.293 e. The number of benzene rings is 1. The van der Waals surface area contributed by atoms with E-state index >= 15 is 0 Å². The third-order valence-electron chi connectivity index (χ3n) is 3.35. The van der Waals surface area contributed by atoms with Crippen LogP contribution in [0.15, 0.2) is 47.5 Å². The van der Waals surface area contributed by atoms with Crippen molar-refractivity contribution in [3.63, 3.8) is 0 Å². The third-order valence-corrected chi connectivity index (χ3v) is 4.51. The van der Waals surface area contributed by atoms with E-state index in [-0.39, 0.29) is 11.1 Å². The zero-order valence-corrected chi connectivity index (χ0v) is 13.4. The Labute approximate surface area is 137 Å². The van der Waals surface area contributed by atoms with E-state index in [0.717, 1.165) is 23.1 Å². The molecule has 112 valence electrons. The van der Waals surface area contributed by atoms with Crippen LogP contribution in [0.2, 0.25) is 5.02 Å². The van der Waals surface area contributed by atoms with E-state index in [2.05, 4.69) is 0 Å². The SMILES string of the molecule is CCN1C(=O)S/C(=C/c2cccn2-c2ccc(Cl)cc2)C1=O. The molecule has 2 amide bonds. The summed E-state index contributed by atoms with van der Waals surface area (Å²) in [5.74, 6) is -0.235. The maximum absolute atomic E-state index is 12.2. The second-order valence-electron chi connectivity index (χ2n) is 4.71. The fraction of sp³-hybridized carbons (Fsp3) is 0.125. The highest BCUT2D eigenvalue weighted by Gasteiger charge is 2.33. The summed E-state index contributed by atoms with van der Waals surface area (Å²) in [4.78, 5) is 25.6. The van der Waals surface area contributed by atoms with Crippen LogP contribution in [-0.2, 0) is 4.79 Å². The first kappa shape index (κ1) is 14.9. The molecule has 22 heavy (non-hydrogen) atoms. The highest BCUT2D eigenvalue weighted by molar-refractivity contribution is 8.18. The lowest BCUT2D eigenvalue weighted by Gasteiger charge is -2.08. The number of nitrogens with zero attached hydrogens (tertiary/aromatic N) is 2. The van der Waals surface area contributed by atoms with Gasteiger partial charge >= 0.3 is 0 Å². The van der Waals surface area contributed by atoms with Gasteiger partial charge in [-0.05, 0) is 61.2 Å². The number of thioether (sulfide) groups is 1. The first-order valence-corrected chi connectivity index (χ1v) is 7.98. The molecule has 6 heteroatoms. The molecular formula is C16H13ClN2O2S. The lowest BCUT2D eigenvalue weighted by molar-refractivity contribution is -0.122. The van der Waals surface area contributed by atoms with Crippen LogP contribution < -0.4 is 0 Å². The Morgan fingerprint density at radius 2 is 1.91 bits per heavy atom. The molecular weight excluding hydrogens is 320 g/mol. The summed E-state index contributed by atoms with van der Waals surface area (Å²) >= 11 is 6.88. The van der Waals surface area contributed by atoms with E-state index in [4.69, 9.17) is 11.6 Å². The number of rotatable bonds is 3. The van der Waals surface area contributed by atoms with Gasteiger partial charge in [-0.15, -0.1) is 0 Å². The van der Waals surface area contributed by atoms with Crippen LogP contribution in [0.5, 0.6) is 0 Å². The van der Waals surface area contributed by atoms with Crippen LogP contribution in [0, 0.1) is 0 Å². The van der Waals surface area contributed by atoms with Crippen molar-refractivity contribution in [2.75, 3.05) is 6.54 Å². The molecule has 0 N–H and O–H groups in total. The standard InChI is InChI=1S/C16H13ClN2O2S/c1-2-18-15(20)14(22-16(18)21)10-13-4-3-9-19(13)12-7-5-11(17)6-8-12/h3-10H,2H2,1H3/b14-10+. The molecule has 0 saturated carbocycles. The van der Waals surface area contributed by atoms with Crippen molar-refractivity contribution in [2.24, 2.45) is 0 Å². The summed E-state index contributed by atoms with van der Waals surface area (Å²) in [6.07, 6.45) is 3.65. The van der Waals surface area contributed by atoms with Gasteiger partial charge < -0.3 is 4.57 Å². The van der Waals surface area contributed by atoms with Crippen LogP contribution in [-0.4, -0.2) is 27.2 Å². The van der Waals surface area contributed by atoms with E-state index in [1.165, 1.54) is 4.90 Å². The Morgan fingerprint density at radius 1 is 1.18 bits per heavy atom. The van der Waals surface area contributed by atoms with Crippen LogP contribution in [0.3, 0.4) is 0 Å². The van der Waals surface area contributed by atoms with Crippen LogP contribution in [0.25, 0.3) is 11.8 Å². The topological polar surface area (TPSA) is 42.3 Å². The Kier molecular flexibility index (Phi) is 4.09. The maximum atomic E-state index is 12.2. The van der Waals surface area contributed by atoms with Gasteiger partial charge in [0.2, 0.25) is 0 Å². The van der Waals surface area contributed by atoms with Gasteiger partial charge in [0.05, 0.1) is 4.91 Å². The molecule has 0 spiro atoms. The number of hydrogen-bond acceptors (Lipinski definition) is 3. The summed E-state index contributed by atoms with van der Waals surface area (Å²) < 4.78 is 1.94. The largest absolute Gasteiger partial charge is 0.317 e. The molecule has 2 aromatic rings. The summed E-state index contributed by atoms with van der Waals surface area (Å²) in [7, 11) is 0. The number of hydrogen-bond donors (Lipinski definition) is 0. The second kappa shape index (κ2) is 6.02. The van der Waals surface area contributed by atoms with E-state index in [9.17, 15) is 9.59 Å². The van der Waals surface area contributed by atoms with Gasteiger partial charge in [0.15, 0.2) is 0 Å². The van der Waals surface area contributed by atoms with Crippen LogP contribution in [0.4, 0.5) is 4.79 Å². The summed E-state index contributed by atoms with van der Waals surface area (Å²) in [6, 6.07) is 11.2. The predicted molar refractivity (Wildman–Crippen MR) is 89.1 cm³/mol. The Morgan fingerprint density at radius 3 is 2.55 bits per heavy atom. The Balaban J connectivity index is 1.96. The van der Waals surface area contributed by atoms with Crippen LogP contribution >= 0.6 is 23.4 Å². The summed E-state index contributed by atoms with van der Waals surface area (Å²) in [5, 5.41) is 0.449. The first-order valence-electron chi connectivity index (χ1n) is 6.79. The molecule has 0 aliphatic carbocycles. The average molecular weight is 333 g/mol. The summed E-state index contributed by atoms with van der Waals surface area (Å²) in [6.45, 7) is 2.18. The highest BCUT2D eigenvalue weighted by atomic mass is 35.5.